The number of fused-ring (bicyclic) bond motifs is 1. The van der Waals surface area contributed by atoms with E-state index in [-0.39, 0.29) is 36.0 Å². The number of carbonyl (C=O) groups excluding carboxylic acids is 2. The quantitative estimate of drug-likeness (QED) is 0.216. The van der Waals surface area contributed by atoms with Crippen molar-refractivity contribution in [3.05, 3.63) is 59.8 Å². The number of rotatable bonds is 6. The molecule has 0 fully saturated rings. The predicted molar refractivity (Wildman–Crippen MR) is 128 cm³/mol. The third-order valence-electron chi connectivity index (χ3n) is 5.75. The van der Waals surface area contributed by atoms with Crippen molar-refractivity contribution in [2.45, 2.75) is 45.0 Å². The van der Waals surface area contributed by atoms with Crippen LogP contribution in [0.5, 0.6) is 5.75 Å². The van der Waals surface area contributed by atoms with Crippen LogP contribution in [0.1, 0.15) is 42.6 Å². The minimum atomic E-state index is -0.856. The van der Waals surface area contributed by atoms with Gasteiger partial charge in [-0.05, 0) is 29.5 Å². The number of hydrogen-bond acceptors (Lipinski definition) is 8. The number of cyclic esters (lactones) is 1. The number of phenolic OH excluding ortho intramolecular Hbond substituents is 1. The molecule has 5 atom stereocenters. The van der Waals surface area contributed by atoms with E-state index in [0.29, 0.717) is 5.56 Å². The molecule has 9 nitrogen and oxygen atoms in total. The number of nitrogens with zero attached hydrogens (tertiary/aromatic N) is 1. The normalized spacial score (nSPS) is 27.1. The van der Waals surface area contributed by atoms with E-state index in [4.69, 9.17) is 4.74 Å². The molecule has 4 N–H and O–H groups in total. The molecule has 1 heterocycles. The average Bonchev–Trinajstić information content (AvgIpc) is 2.81. The van der Waals surface area contributed by atoms with Crippen molar-refractivity contribution in [3.63, 3.8) is 0 Å². The van der Waals surface area contributed by atoms with Gasteiger partial charge >= 0.3 is 5.97 Å². The topological polar surface area (TPSA) is 138 Å². The van der Waals surface area contributed by atoms with Gasteiger partial charge in [-0.3, -0.25) is 4.79 Å². The Bertz CT molecular complexity index is 955. The van der Waals surface area contributed by atoms with Crippen LogP contribution in [0.2, 0.25) is 0 Å². The minimum absolute atomic E-state index is 0.0214. The molecule has 0 saturated carbocycles. The third-order valence-corrected chi connectivity index (χ3v) is 5.75. The summed E-state index contributed by atoms with van der Waals surface area (Å²) >= 11 is 0. The lowest BCUT2D eigenvalue weighted by molar-refractivity contribution is -0.115. The van der Waals surface area contributed by atoms with Crippen molar-refractivity contribution in [3.8, 4) is 5.75 Å². The fraction of sp³-hybridized carbons (Fsp3) is 0.400. The molecule has 0 spiro atoms. The van der Waals surface area contributed by atoms with Gasteiger partial charge < -0.3 is 30.2 Å². The fourth-order valence-corrected chi connectivity index (χ4v) is 3.48. The number of oxime groups is 1. The zero-order chi connectivity index (χ0) is 25.1. The van der Waals surface area contributed by atoms with Crippen molar-refractivity contribution in [1.82, 2.24) is 5.32 Å². The highest BCUT2D eigenvalue weighted by atomic mass is 16.6. The molecule has 0 radical (unpaired) electrons. The number of aliphatic hydroxyl groups is 2. The minimum Gasteiger partial charge on any atom is -0.507 e. The molecule has 1 aromatic rings. The second-order valence-corrected chi connectivity index (χ2v) is 8.08. The Balaban J connectivity index is 2.21. The van der Waals surface area contributed by atoms with Gasteiger partial charge in [-0.15, -0.1) is 0 Å². The van der Waals surface area contributed by atoms with Crippen molar-refractivity contribution >= 4 is 24.2 Å². The van der Waals surface area contributed by atoms with Crippen LogP contribution in [-0.4, -0.2) is 58.8 Å². The molecule has 1 amide bonds. The van der Waals surface area contributed by atoms with Gasteiger partial charge in [0.05, 0.1) is 18.4 Å². The summed E-state index contributed by atoms with van der Waals surface area (Å²) in [5, 5.41) is 37.6. The number of nitrogens with one attached hydrogen (secondary N) is 1. The molecule has 1 aromatic carbocycles. The lowest BCUT2D eigenvalue weighted by Gasteiger charge is -2.30. The van der Waals surface area contributed by atoms with Gasteiger partial charge in [-0.1, -0.05) is 49.4 Å². The monoisotopic (exact) mass is 472 g/mol. The first kappa shape index (κ1) is 26.8. The summed E-state index contributed by atoms with van der Waals surface area (Å²) in [6.07, 6.45) is 7.99. The molecule has 0 saturated heterocycles. The number of ether oxygens (including phenoxy) is 1. The molecular formula is C25H32N2O7. The maximum absolute atomic E-state index is 12.9. The summed E-state index contributed by atoms with van der Waals surface area (Å²) < 4.78 is 5.65. The van der Waals surface area contributed by atoms with Crippen LogP contribution in [0, 0.1) is 11.8 Å². The molecule has 34 heavy (non-hydrogen) atoms. The highest BCUT2D eigenvalue weighted by Crippen LogP contribution is 2.29. The lowest BCUT2D eigenvalue weighted by Crippen LogP contribution is -2.34. The summed E-state index contributed by atoms with van der Waals surface area (Å²) in [6.45, 7) is 3.66. The van der Waals surface area contributed by atoms with Gasteiger partial charge in [0, 0.05) is 25.1 Å². The van der Waals surface area contributed by atoms with Crippen LogP contribution in [0.15, 0.2) is 53.9 Å². The van der Waals surface area contributed by atoms with Gasteiger partial charge in [-0.25, -0.2) is 4.79 Å². The first-order valence-electron chi connectivity index (χ1n) is 11.0. The van der Waals surface area contributed by atoms with Crippen molar-refractivity contribution in [2.75, 3.05) is 7.11 Å². The number of amides is 1. The van der Waals surface area contributed by atoms with Crippen LogP contribution in [-0.2, 0) is 14.4 Å². The van der Waals surface area contributed by atoms with Gasteiger partial charge in [-0.2, -0.15) is 0 Å². The second kappa shape index (κ2) is 13.3. The zero-order valence-electron chi connectivity index (χ0n) is 19.5. The highest BCUT2D eigenvalue weighted by Gasteiger charge is 2.30. The van der Waals surface area contributed by atoms with Gasteiger partial charge in [0.15, 0.2) is 0 Å². The number of phenols is 1. The Hall–Kier alpha value is -3.43. The highest BCUT2D eigenvalue weighted by molar-refractivity contribution is 5.96. The standard InChI is InChI=1S/C25H32N2O7/c1-16-17(2)22(30)15-19(8-5-13-26-23(31)10-6-14-27-33-3)34-25(32)24-18(11-12-20(16)28)7-4-9-21(24)29/h4-7,9-14,16-17,19-20,22,28-30H,8,15H2,1-3H3,(H,26,31)/b10-6-,12-11+,13-5+,27-14+/t16?,17-,19?,20?,22?/m0/s1. The maximum Gasteiger partial charge on any atom is 0.342 e. The molecule has 1 aliphatic heterocycles. The summed E-state index contributed by atoms with van der Waals surface area (Å²) in [5.41, 5.74) is 0.391. The Labute approximate surface area is 199 Å². The van der Waals surface area contributed by atoms with Crippen LogP contribution >= 0.6 is 0 Å². The molecule has 9 heteroatoms. The van der Waals surface area contributed by atoms with Gasteiger partial charge in [0.1, 0.15) is 24.5 Å². The Morgan fingerprint density at radius 2 is 2.06 bits per heavy atom. The van der Waals surface area contributed by atoms with E-state index >= 15 is 0 Å². The molecular weight excluding hydrogens is 440 g/mol. The summed E-state index contributed by atoms with van der Waals surface area (Å²) in [5.74, 6) is -1.94. The number of aromatic hydroxyl groups is 1. The number of hydrogen-bond donors (Lipinski definition) is 4. The van der Waals surface area contributed by atoms with Crippen molar-refractivity contribution in [1.29, 1.82) is 0 Å². The van der Waals surface area contributed by atoms with Crippen LogP contribution in [0.3, 0.4) is 0 Å². The average molecular weight is 473 g/mol. The third kappa shape index (κ3) is 7.86. The predicted octanol–water partition coefficient (Wildman–Crippen LogP) is 2.54. The van der Waals surface area contributed by atoms with E-state index in [1.54, 1.807) is 30.4 Å². The number of esters is 1. The van der Waals surface area contributed by atoms with Crippen molar-refractivity contribution in [2.24, 2.45) is 17.0 Å². The molecule has 4 unspecified atom stereocenters. The van der Waals surface area contributed by atoms with Gasteiger partial charge in [0.25, 0.3) is 0 Å². The molecule has 184 valence electrons. The smallest absolute Gasteiger partial charge is 0.342 e. The Kier molecular flexibility index (Phi) is 10.5. The SMILES string of the molecule is CO/N=C/C=C\C(=O)N/C=C/CC1CC(O)[C@@H](C)C(C)C(O)/C=C/c2cccc(O)c2C(=O)O1. The molecule has 0 bridgehead atoms. The van der Waals surface area contributed by atoms with E-state index in [1.165, 1.54) is 37.7 Å². The summed E-state index contributed by atoms with van der Waals surface area (Å²) in [6, 6.07) is 4.62. The van der Waals surface area contributed by atoms with E-state index in [2.05, 4.69) is 15.3 Å². The zero-order valence-corrected chi connectivity index (χ0v) is 19.5. The number of benzene rings is 1. The van der Waals surface area contributed by atoms with E-state index in [0.717, 1.165) is 0 Å². The van der Waals surface area contributed by atoms with E-state index in [9.17, 15) is 24.9 Å². The molecule has 2 rings (SSSR count). The number of aliphatic hydroxyl groups excluding tert-OH is 2. The maximum atomic E-state index is 12.9. The second-order valence-electron chi connectivity index (χ2n) is 8.08. The van der Waals surface area contributed by atoms with Crippen LogP contribution in [0.4, 0.5) is 0 Å². The summed E-state index contributed by atoms with van der Waals surface area (Å²) in [4.78, 5) is 29.2. The van der Waals surface area contributed by atoms with Crippen LogP contribution in [0.25, 0.3) is 6.08 Å². The van der Waals surface area contributed by atoms with Crippen molar-refractivity contribution < 1.29 is 34.5 Å². The number of carbonyl (C=O) groups is 2. The Morgan fingerprint density at radius 3 is 2.79 bits per heavy atom. The van der Waals surface area contributed by atoms with E-state index in [1.807, 2.05) is 13.8 Å². The molecule has 1 aliphatic rings. The van der Waals surface area contributed by atoms with Gasteiger partial charge in [0.2, 0.25) is 5.91 Å². The molecule has 0 aromatic heterocycles. The summed E-state index contributed by atoms with van der Waals surface area (Å²) in [7, 11) is 1.39. The number of allylic oxidation sites excluding steroid dienone is 1. The molecule has 0 aliphatic carbocycles. The first-order chi connectivity index (χ1) is 16.2. The van der Waals surface area contributed by atoms with E-state index < -0.39 is 30.2 Å². The fourth-order valence-electron chi connectivity index (χ4n) is 3.48. The Morgan fingerprint density at radius 1 is 1.29 bits per heavy atom. The lowest BCUT2D eigenvalue weighted by atomic mass is 9.83. The van der Waals surface area contributed by atoms with Crippen LogP contribution < -0.4 is 5.32 Å². The largest absolute Gasteiger partial charge is 0.507 e. The first-order valence-corrected chi connectivity index (χ1v) is 11.0.